The Labute approximate surface area is 206 Å². The number of rotatable bonds is 10. The highest BCUT2D eigenvalue weighted by molar-refractivity contribution is 5.96. The van der Waals surface area contributed by atoms with Gasteiger partial charge in [-0.3, -0.25) is 9.59 Å². The van der Waals surface area contributed by atoms with Gasteiger partial charge in [-0.25, -0.2) is 0 Å². The van der Waals surface area contributed by atoms with E-state index in [-0.39, 0.29) is 11.8 Å². The smallest absolute Gasteiger partial charge is 0.231 e. The summed E-state index contributed by atoms with van der Waals surface area (Å²) in [7, 11) is 0. The van der Waals surface area contributed by atoms with Gasteiger partial charge in [-0.1, -0.05) is 84.9 Å². The van der Waals surface area contributed by atoms with E-state index in [1.807, 2.05) is 91.9 Å². The molecule has 4 nitrogen and oxygen atoms in total. The van der Waals surface area contributed by atoms with Crippen molar-refractivity contribution in [3.8, 4) is 5.75 Å². The molecule has 0 aliphatic rings. The van der Waals surface area contributed by atoms with Gasteiger partial charge in [0.05, 0.1) is 12.5 Å². The number of hydrogen-bond donors (Lipinski definition) is 1. The van der Waals surface area contributed by atoms with Gasteiger partial charge in [0, 0.05) is 24.1 Å². The van der Waals surface area contributed by atoms with Crippen molar-refractivity contribution in [2.24, 2.45) is 0 Å². The average Bonchev–Trinajstić information content (AvgIpc) is 2.90. The van der Waals surface area contributed by atoms with E-state index in [1.54, 1.807) is 6.07 Å². The highest BCUT2D eigenvalue weighted by Gasteiger charge is 2.17. The number of benzene rings is 4. The lowest BCUT2D eigenvalue weighted by atomic mass is 9.97. The maximum Gasteiger partial charge on any atom is 0.231 e. The Morgan fingerprint density at radius 2 is 1.49 bits per heavy atom. The second-order valence-corrected chi connectivity index (χ2v) is 8.51. The predicted octanol–water partition coefficient (Wildman–Crippen LogP) is 6.45. The molecule has 0 saturated carbocycles. The van der Waals surface area contributed by atoms with E-state index in [9.17, 15) is 9.59 Å². The van der Waals surface area contributed by atoms with Crippen LogP contribution < -0.4 is 10.1 Å². The SMILES string of the molecule is CC(C(=O)Nc1ccccc1Cc1ccccc1C=O)c1ccc(OCCc2ccccc2)cc1. The van der Waals surface area contributed by atoms with Crippen molar-refractivity contribution in [2.45, 2.75) is 25.7 Å². The third-order valence-electron chi connectivity index (χ3n) is 6.11. The number of anilines is 1. The average molecular weight is 464 g/mol. The first-order valence-corrected chi connectivity index (χ1v) is 11.8. The van der Waals surface area contributed by atoms with Crippen LogP contribution in [-0.2, 0) is 17.6 Å². The van der Waals surface area contributed by atoms with Gasteiger partial charge in [0.2, 0.25) is 5.91 Å². The van der Waals surface area contributed by atoms with Gasteiger partial charge in [-0.05, 0) is 47.4 Å². The van der Waals surface area contributed by atoms with E-state index >= 15 is 0 Å². The number of amides is 1. The van der Waals surface area contributed by atoms with Gasteiger partial charge in [-0.2, -0.15) is 0 Å². The molecule has 0 radical (unpaired) electrons. The molecule has 0 spiro atoms. The van der Waals surface area contributed by atoms with Crippen molar-refractivity contribution >= 4 is 17.9 Å². The van der Waals surface area contributed by atoms with Crippen LogP contribution in [0.4, 0.5) is 5.69 Å². The minimum absolute atomic E-state index is 0.0844. The second kappa shape index (κ2) is 11.8. The van der Waals surface area contributed by atoms with Crippen molar-refractivity contribution in [1.29, 1.82) is 0 Å². The van der Waals surface area contributed by atoms with Gasteiger partial charge in [0.1, 0.15) is 12.0 Å². The standard InChI is InChI=1S/C31H29NO3/c1-23(25-15-17-29(18-16-25)35-20-19-24-9-3-2-4-10-24)31(34)32-30-14-8-7-12-27(30)21-26-11-5-6-13-28(26)22-33/h2-18,22-23H,19-21H2,1H3,(H,32,34). The number of para-hydroxylation sites is 1. The van der Waals surface area contributed by atoms with Crippen LogP contribution in [0.5, 0.6) is 5.75 Å². The fraction of sp³-hybridized carbons (Fsp3) is 0.161. The molecule has 0 aromatic heterocycles. The van der Waals surface area contributed by atoms with Gasteiger partial charge in [0.25, 0.3) is 0 Å². The molecule has 4 rings (SSSR count). The Morgan fingerprint density at radius 1 is 0.829 bits per heavy atom. The normalized spacial score (nSPS) is 11.5. The lowest BCUT2D eigenvalue weighted by Gasteiger charge is -2.16. The molecular weight excluding hydrogens is 434 g/mol. The van der Waals surface area contributed by atoms with Gasteiger partial charge in [-0.15, -0.1) is 0 Å². The molecule has 1 unspecified atom stereocenters. The maximum atomic E-state index is 13.1. The first-order valence-electron chi connectivity index (χ1n) is 11.8. The predicted molar refractivity (Wildman–Crippen MR) is 140 cm³/mol. The van der Waals surface area contributed by atoms with Crippen molar-refractivity contribution in [3.63, 3.8) is 0 Å². The largest absolute Gasteiger partial charge is 0.493 e. The van der Waals surface area contributed by atoms with E-state index in [2.05, 4.69) is 17.4 Å². The Morgan fingerprint density at radius 3 is 2.23 bits per heavy atom. The molecule has 176 valence electrons. The summed E-state index contributed by atoms with van der Waals surface area (Å²) < 4.78 is 5.87. The molecule has 0 aliphatic carbocycles. The van der Waals surface area contributed by atoms with Crippen LogP contribution in [-0.4, -0.2) is 18.8 Å². The number of aldehydes is 1. The number of ether oxygens (including phenoxy) is 1. The summed E-state index contributed by atoms with van der Waals surface area (Å²) in [5.41, 5.74) is 5.47. The molecule has 4 aromatic carbocycles. The number of carbonyl (C=O) groups is 2. The van der Waals surface area contributed by atoms with Crippen LogP contribution in [0.25, 0.3) is 0 Å². The van der Waals surface area contributed by atoms with Gasteiger partial charge >= 0.3 is 0 Å². The molecule has 1 N–H and O–H groups in total. The molecule has 0 fully saturated rings. The van der Waals surface area contributed by atoms with Gasteiger partial charge in [0.15, 0.2) is 0 Å². The third-order valence-corrected chi connectivity index (χ3v) is 6.11. The monoisotopic (exact) mass is 463 g/mol. The molecule has 1 amide bonds. The van der Waals surface area contributed by atoms with Crippen molar-refractivity contribution in [2.75, 3.05) is 11.9 Å². The van der Waals surface area contributed by atoms with Crippen LogP contribution >= 0.6 is 0 Å². The molecule has 1 atom stereocenters. The zero-order chi connectivity index (χ0) is 24.5. The third kappa shape index (κ3) is 6.45. The van der Waals surface area contributed by atoms with E-state index in [4.69, 9.17) is 4.74 Å². The fourth-order valence-electron chi connectivity index (χ4n) is 3.99. The summed E-state index contributed by atoms with van der Waals surface area (Å²) in [6.07, 6.45) is 2.28. The van der Waals surface area contributed by atoms with Crippen molar-refractivity contribution < 1.29 is 14.3 Å². The maximum absolute atomic E-state index is 13.1. The number of hydrogen-bond acceptors (Lipinski definition) is 3. The Kier molecular flexibility index (Phi) is 8.08. The van der Waals surface area contributed by atoms with Crippen molar-refractivity contribution in [3.05, 3.63) is 131 Å². The van der Waals surface area contributed by atoms with E-state index in [1.165, 1.54) is 5.56 Å². The summed E-state index contributed by atoms with van der Waals surface area (Å²) in [4.78, 5) is 24.5. The zero-order valence-corrected chi connectivity index (χ0v) is 19.8. The quantitative estimate of drug-likeness (QED) is 0.275. The number of nitrogens with one attached hydrogen (secondary N) is 1. The molecule has 0 saturated heterocycles. The van der Waals surface area contributed by atoms with Crippen molar-refractivity contribution in [1.82, 2.24) is 0 Å². The highest BCUT2D eigenvalue weighted by Crippen LogP contribution is 2.24. The van der Waals surface area contributed by atoms with Crippen LogP contribution in [0.1, 0.15) is 45.5 Å². The fourth-order valence-corrected chi connectivity index (χ4v) is 3.99. The van der Waals surface area contributed by atoms with E-state index in [0.29, 0.717) is 18.6 Å². The minimum Gasteiger partial charge on any atom is -0.493 e. The summed E-state index contributed by atoms with van der Waals surface area (Å²) in [5.74, 6) is 0.374. The number of carbonyl (C=O) groups excluding carboxylic acids is 2. The zero-order valence-electron chi connectivity index (χ0n) is 19.8. The van der Waals surface area contributed by atoms with Crippen LogP contribution in [0, 0.1) is 0 Å². The molecule has 4 heteroatoms. The molecule has 0 bridgehead atoms. The molecule has 4 aromatic rings. The molecule has 0 aliphatic heterocycles. The highest BCUT2D eigenvalue weighted by atomic mass is 16.5. The molecular formula is C31H29NO3. The Balaban J connectivity index is 1.37. The lowest BCUT2D eigenvalue weighted by molar-refractivity contribution is -0.117. The van der Waals surface area contributed by atoms with Crippen LogP contribution in [0.3, 0.4) is 0 Å². The molecule has 35 heavy (non-hydrogen) atoms. The second-order valence-electron chi connectivity index (χ2n) is 8.51. The molecule has 0 heterocycles. The van der Waals surface area contributed by atoms with Crippen LogP contribution in [0.15, 0.2) is 103 Å². The summed E-state index contributed by atoms with van der Waals surface area (Å²) in [5, 5.41) is 3.08. The first kappa shape index (κ1) is 24.0. The van der Waals surface area contributed by atoms with Crippen LogP contribution in [0.2, 0.25) is 0 Å². The lowest BCUT2D eigenvalue weighted by Crippen LogP contribution is -2.19. The topological polar surface area (TPSA) is 55.4 Å². The van der Waals surface area contributed by atoms with E-state index in [0.717, 1.165) is 40.8 Å². The first-order chi connectivity index (χ1) is 17.1. The Hall–Kier alpha value is -4.18. The minimum atomic E-state index is -0.330. The summed E-state index contributed by atoms with van der Waals surface area (Å²) >= 11 is 0. The Bertz CT molecular complexity index is 1270. The van der Waals surface area contributed by atoms with E-state index < -0.39 is 0 Å². The summed E-state index contributed by atoms with van der Waals surface area (Å²) in [6.45, 7) is 2.49. The van der Waals surface area contributed by atoms with Gasteiger partial charge < -0.3 is 10.1 Å². The summed E-state index contributed by atoms with van der Waals surface area (Å²) in [6, 6.07) is 33.2.